The predicted molar refractivity (Wildman–Crippen MR) is 46.7 cm³/mol. The van der Waals surface area contributed by atoms with Crippen LogP contribution in [0.4, 0.5) is 0 Å². The number of ether oxygens (including phenoxy) is 1. The van der Waals surface area contributed by atoms with E-state index in [1.54, 1.807) is 0 Å². The molecule has 1 rings (SSSR count). The molecule has 0 aromatic rings. The molecule has 0 radical (unpaired) electrons. The van der Waals surface area contributed by atoms with Gasteiger partial charge in [0.2, 0.25) is 0 Å². The van der Waals surface area contributed by atoms with Crippen molar-refractivity contribution in [1.29, 1.82) is 0 Å². The summed E-state index contributed by atoms with van der Waals surface area (Å²) in [5.41, 5.74) is -0.387. The standard InChI is InChI=1S/C5H8O8P2/c1-3-2-5(13-4(3)6,14(7,8)9)15(10,11)12/h1-2H2,(H2,7,8,9)(H2,10,11,12). The molecule has 1 heterocycles. The predicted octanol–water partition coefficient (Wildman–Crippen LogP) is -0.501. The zero-order chi connectivity index (χ0) is 12.1. The normalized spacial score (nSPS) is 21.6. The van der Waals surface area contributed by atoms with Gasteiger partial charge in [0, 0.05) is 12.0 Å². The highest BCUT2D eigenvalue weighted by Gasteiger charge is 2.67. The first-order valence-electron chi connectivity index (χ1n) is 3.54. The summed E-state index contributed by atoms with van der Waals surface area (Å²) in [4.78, 5) is 46.2. The van der Waals surface area contributed by atoms with E-state index in [2.05, 4.69) is 11.3 Å². The first-order valence-corrected chi connectivity index (χ1v) is 6.76. The molecule has 8 nitrogen and oxygen atoms in total. The second-order valence-corrected chi connectivity index (χ2v) is 6.97. The molecule has 0 amide bonds. The maximum atomic E-state index is 11.0. The quantitative estimate of drug-likeness (QED) is 0.295. The first kappa shape index (κ1) is 12.6. The molecule has 0 saturated carbocycles. The van der Waals surface area contributed by atoms with E-state index in [-0.39, 0.29) is 5.57 Å². The lowest BCUT2D eigenvalue weighted by Gasteiger charge is -2.27. The Morgan fingerprint density at radius 1 is 1.20 bits per heavy atom. The summed E-state index contributed by atoms with van der Waals surface area (Å²) in [6.07, 6.45) is -0.889. The van der Waals surface area contributed by atoms with Crippen molar-refractivity contribution in [3.8, 4) is 0 Å². The van der Waals surface area contributed by atoms with Crippen LogP contribution in [0.5, 0.6) is 0 Å². The molecule has 1 fully saturated rings. The van der Waals surface area contributed by atoms with E-state index in [1.807, 2.05) is 0 Å². The molecular formula is C5H8O8P2. The maximum Gasteiger partial charge on any atom is 0.381 e. The van der Waals surface area contributed by atoms with Crippen LogP contribution in [0.3, 0.4) is 0 Å². The van der Waals surface area contributed by atoms with E-state index in [0.717, 1.165) is 0 Å². The number of hydrogen-bond acceptors (Lipinski definition) is 4. The fourth-order valence-electron chi connectivity index (χ4n) is 1.10. The first-order chi connectivity index (χ1) is 6.51. The monoisotopic (exact) mass is 258 g/mol. The molecule has 0 bridgehead atoms. The molecule has 0 aliphatic carbocycles. The lowest BCUT2D eigenvalue weighted by molar-refractivity contribution is -0.139. The van der Waals surface area contributed by atoms with Crippen LogP contribution in [-0.2, 0) is 18.7 Å². The zero-order valence-corrected chi connectivity index (χ0v) is 9.02. The van der Waals surface area contributed by atoms with Crippen LogP contribution in [0.15, 0.2) is 12.2 Å². The third-order valence-electron chi connectivity index (χ3n) is 1.90. The summed E-state index contributed by atoms with van der Waals surface area (Å²) in [5, 5.41) is -3.10. The Morgan fingerprint density at radius 2 is 1.60 bits per heavy atom. The molecule has 0 unspecified atom stereocenters. The van der Waals surface area contributed by atoms with Crippen LogP contribution >= 0.6 is 15.2 Å². The molecule has 1 saturated heterocycles. The molecule has 0 atom stereocenters. The minimum absolute atomic E-state index is 0.387. The van der Waals surface area contributed by atoms with Gasteiger partial charge in [0.05, 0.1) is 0 Å². The molecular weight excluding hydrogens is 250 g/mol. The third kappa shape index (κ3) is 1.80. The molecule has 1 aliphatic heterocycles. The van der Waals surface area contributed by atoms with Crippen molar-refractivity contribution in [2.75, 3.05) is 0 Å². The maximum absolute atomic E-state index is 11.0. The second-order valence-electron chi connectivity index (χ2n) is 3.00. The van der Waals surface area contributed by atoms with Crippen molar-refractivity contribution in [2.24, 2.45) is 0 Å². The summed E-state index contributed by atoms with van der Waals surface area (Å²) >= 11 is 0. The molecule has 0 aromatic heterocycles. The van der Waals surface area contributed by atoms with Crippen LogP contribution < -0.4 is 0 Å². The Morgan fingerprint density at radius 3 is 1.73 bits per heavy atom. The molecule has 0 spiro atoms. The molecule has 0 aromatic carbocycles. The van der Waals surface area contributed by atoms with E-state index in [4.69, 9.17) is 19.6 Å². The summed E-state index contributed by atoms with van der Waals surface area (Å²) in [5.74, 6) is -1.22. The molecule has 4 N–H and O–H groups in total. The van der Waals surface area contributed by atoms with Gasteiger partial charge in [0.1, 0.15) is 0 Å². The number of rotatable bonds is 2. The number of cyclic esters (lactones) is 1. The smallest absolute Gasteiger partial charge is 0.381 e. The van der Waals surface area contributed by atoms with Gasteiger partial charge in [-0.15, -0.1) is 0 Å². The lowest BCUT2D eigenvalue weighted by Crippen LogP contribution is -2.28. The van der Waals surface area contributed by atoms with Gasteiger partial charge < -0.3 is 24.3 Å². The second kappa shape index (κ2) is 3.25. The third-order valence-corrected chi connectivity index (χ3v) is 5.78. The Balaban J connectivity index is 3.37. The average molecular weight is 258 g/mol. The van der Waals surface area contributed by atoms with Gasteiger partial charge in [0.15, 0.2) is 0 Å². The number of esters is 1. The molecule has 86 valence electrons. The van der Waals surface area contributed by atoms with Crippen molar-refractivity contribution >= 4 is 21.2 Å². The van der Waals surface area contributed by atoms with E-state index in [9.17, 15) is 13.9 Å². The van der Waals surface area contributed by atoms with E-state index >= 15 is 0 Å². The van der Waals surface area contributed by atoms with Crippen LogP contribution in [0, 0.1) is 0 Å². The topological polar surface area (TPSA) is 141 Å². The summed E-state index contributed by atoms with van der Waals surface area (Å²) in [6, 6.07) is 0. The number of carbonyl (C=O) groups is 1. The van der Waals surface area contributed by atoms with E-state index < -0.39 is 32.7 Å². The van der Waals surface area contributed by atoms with Crippen LogP contribution in [0.25, 0.3) is 0 Å². The van der Waals surface area contributed by atoms with Crippen molar-refractivity contribution in [1.82, 2.24) is 0 Å². The number of carbonyl (C=O) groups excluding carboxylic acids is 1. The van der Waals surface area contributed by atoms with Gasteiger partial charge in [-0.05, 0) is 0 Å². The largest absolute Gasteiger partial charge is 0.429 e. The van der Waals surface area contributed by atoms with Gasteiger partial charge in [-0.25, -0.2) is 4.79 Å². The molecule has 10 heteroatoms. The highest BCUT2D eigenvalue weighted by Crippen LogP contribution is 2.73. The number of hydrogen-bond donors (Lipinski definition) is 4. The zero-order valence-electron chi connectivity index (χ0n) is 7.23. The summed E-state index contributed by atoms with van der Waals surface area (Å²) in [6.45, 7) is 3.10. The Labute approximate surface area is 83.9 Å². The highest BCUT2D eigenvalue weighted by atomic mass is 31.2. The summed E-state index contributed by atoms with van der Waals surface area (Å²) < 4.78 is 26.1. The molecule has 15 heavy (non-hydrogen) atoms. The van der Waals surface area contributed by atoms with Gasteiger partial charge in [-0.2, -0.15) is 0 Å². The minimum Gasteiger partial charge on any atom is -0.429 e. The Kier molecular flexibility index (Phi) is 2.72. The van der Waals surface area contributed by atoms with E-state index in [0.29, 0.717) is 0 Å². The van der Waals surface area contributed by atoms with Crippen molar-refractivity contribution in [3.05, 3.63) is 12.2 Å². The minimum atomic E-state index is -5.31. The van der Waals surface area contributed by atoms with Crippen LogP contribution in [-0.4, -0.2) is 30.6 Å². The van der Waals surface area contributed by atoms with Gasteiger partial charge in [0.25, 0.3) is 0 Å². The van der Waals surface area contributed by atoms with Crippen molar-refractivity contribution < 1.29 is 38.2 Å². The van der Waals surface area contributed by atoms with Crippen molar-refractivity contribution in [3.63, 3.8) is 0 Å². The van der Waals surface area contributed by atoms with Crippen molar-refractivity contribution in [2.45, 2.75) is 11.5 Å². The Bertz CT molecular complexity index is 373. The SMILES string of the molecule is C=C1CC(P(=O)(O)O)(P(=O)(O)O)OC1=O. The molecule has 1 aliphatic rings. The Hall–Kier alpha value is -0.490. The van der Waals surface area contributed by atoms with E-state index in [1.165, 1.54) is 0 Å². The average Bonchev–Trinajstić information content (AvgIpc) is 2.26. The van der Waals surface area contributed by atoms with Crippen LogP contribution in [0.1, 0.15) is 6.42 Å². The summed E-state index contributed by atoms with van der Waals surface area (Å²) in [7, 11) is -10.6. The lowest BCUT2D eigenvalue weighted by atomic mass is 10.3. The highest BCUT2D eigenvalue weighted by molar-refractivity contribution is 7.72. The van der Waals surface area contributed by atoms with Gasteiger partial charge in [-0.3, -0.25) is 9.13 Å². The fraction of sp³-hybridized carbons (Fsp3) is 0.400. The van der Waals surface area contributed by atoms with Crippen LogP contribution in [0.2, 0.25) is 0 Å². The van der Waals surface area contributed by atoms with Gasteiger partial charge >= 0.3 is 26.2 Å². The fourth-order valence-corrected chi connectivity index (χ4v) is 3.66. The van der Waals surface area contributed by atoms with Gasteiger partial charge in [-0.1, -0.05) is 6.58 Å².